The first-order valence-corrected chi connectivity index (χ1v) is 3.39. The molecule has 0 spiro atoms. The Balaban J connectivity index is 4.11. The molecule has 0 saturated heterocycles. The third kappa shape index (κ3) is 5.69. The van der Waals surface area contributed by atoms with Gasteiger partial charge in [-0.05, 0) is 11.6 Å². The van der Waals surface area contributed by atoms with E-state index in [1.54, 1.807) is 0 Å². The molecule has 0 atom stereocenters. The van der Waals surface area contributed by atoms with E-state index in [1.807, 2.05) is 0 Å². The van der Waals surface area contributed by atoms with E-state index in [0.717, 1.165) is 0 Å². The number of hydrogen-bond acceptors (Lipinski definition) is 1. The minimum Gasteiger partial charge on any atom is -0.368 e. The number of rotatable bonds is 1. The molecular weight excluding hydrogens is 187 g/mol. The van der Waals surface area contributed by atoms with Gasteiger partial charge in [-0.1, -0.05) is 18.2 Å². The van der Waals surface area contributed by atoms with Crippen molar-refractivity contribution < 1.29 is 0 Å². The summed E-state index contributed by atoms with van der Waals surface area (Å²) >= 11 is 10.8. The van der Waals surface area contributed by atoms with Crippen LogP contribution in [0.2, 0.25) is 0 Å². The van der Waals surface area contributed by atoms with Crippen molar-refractivity contribution in [1.29, 1.82) is 0 Å². The molecule has 0 aromatic heterocycles. The highest BCUT2D eigenvalue weighted by Gasteiger charge is 1.93. The summed E-state index contributed by atoms with van der Waals surface area (Å²) in [6.45, 7) is 3.34. The minimum absolute atomic E-state index is 0.0353. The molecule has 62 valence electrons. The van der Waals surface area contributed by atoms with Crippen LogP contribution >= 0.6 is 23.2 Å². The van der Waals surface area contributed by atoms with Gasteiger partial charge in [0, 0.05) is 7.05 Å². The molecule has 0 heterocycles. The van der Waals surface area contributed by atoms with E-state index in [0.29, 0.717) is 0 Å². The first kappa shape index (κ1) is 10.3. The molecule has 0 fully saturated rings. The number of guanidine groups is 1. The molecule has 0 aromatic carbocycles. The number of nitrogens with two attached hydrogens (primary N) is 1. The van der Waals surface area contributed by atoms with Crippen molar-refractivity contribution in [2.24, 2.45) is 15.7 Å². The second kappa shape index (κ2) is 4.98. The standard InChI is InChI=1S/C5H8Cl2N4/c1-3(6)10-4(7)11-5(8)9-2/h1H2,2H3,(H3,8,9,10,11). The van der Waals surface area contributed by atoms with Gasteiger partial charge in [0.2, 0.25) is 11.3 Å². The third-order valence-corrected chi connectivity index (χ3v) is 0.954. The molecule has 0 amide bonds. The Kier molecular flexibility index (Phi) is 4.65. The van der Waals surface area contributed by atoms with E-state index >= 15 is 0 Å². The van der Waals surface area contributed by atoms with E-state index in [9.17, 15) is 0 Å². The molecule has 4 nitrogen and oxygen atoms in total. The minimum atomic E-state index is 0.0353. The van der Waals surface area contributed by atoms with E-state index < -0.39 is 0 Å². The maximum absolute atomic E-state index is 5.48. The quantitative estimate of drug-likeness (QED) is 0.369. The van der Waals surface area contributed by atoms with Crippen molar-refractivity contribution in [3.05, 3.63) is 11.7 Å². The van der Waals surface area contributed by atoms with Gasteiger partial charge in [0.25, 0.3) is 0 Å². The fraction of sp³-hybridized carbons (Fsp3) is 0.200. The second-order valence-electron chi connectivity index (χ2n) is 1.51. The van der Waals surface area contributed by atoms with Crippen LogP contribution < -0.4 is 11.1 Å². The number of amidine groups is 1. The average molecular weight is 195 g/mol. The Hall–Kier alpha value is -0.740. The highest BCUT2D eigenvalue weighted by molar-refractivity contribution is 6.66. The van der Waals surface area contributed by atoms with E-state index in [1.165, 1.54) is 7.05 Å². The smallest absolute Gasteiger partial charge is 0.217 e. The molecule has 0 radical (unpaired) electrons. The van der Waals surface area contributed by atoms with Gasteiger partial charge in [-0.2, -0.15) is 4.99 Å². The molecule has 0 unspecified atom stereocenters. The summed E-state index contributed by atoms with van der Waals surface area (Å²) < 4.78 is 0. The predicted molar refractivity (Wildman–Crippen MR) is 49.0 cm³/mol. The van der Waals surface area contributed by atoms with Crippen LogP contribution in [-0.4, -0.2) is 18.3 Å². The highest BCUT2D eigenvalue weighted by Crippen LogP contribution is 1.92. The van der Waals surface area contributed by atoms with Crippen molar-refractivity contribution in [1.82, 2.24) is 5.32 Å². The van der Waals surface area contributed by atoms with Gasteiger partial charge in [0.15, 0.2) is 0 Å². The molecule has 0 saturated carbocycles. The molecule has 11 heavy (non-hydrogen) atoms. The van der Waals surface area contributed by atoms with Gasteiger partial charge in [-0.25, -0.2) is 0 Å². The van der Waals surface area contributed by atoms with Crippen molar-refractivity contribution in [2.75, 3.05) is 7.05 Å². The Labute approximate surface area is 74.8 Å². The van der Waals surface area contributed by atoms with Gasteiger partial charge in [0.1, 0.15) is 5.16 Å². The molecule has 6 heteroatoms. The normalized spacial score (nSPS) is 13.0. The largest absolute Gasteiger partial charge is 0.368 e. The zero-order chi connectivity index (χ0) is 8.85. The third-order valence-electron chi connectivity index (χ3n) is 0.681. The van der Waals surface area contributed by atoms with E-state index in [2.05, 4.69) is 21.9 Å². The van der Waals surface area contributed by atoms with Gasteiger partial charge in [-0.15, -0.1) is 0 Å². The number of nitrogens with one attached hydrogen (secondary N) is 1. The van der Waals surface area contributed by atoms with Gasteiger partial charge in [-0.3, -0.25) is 4.99 Å². The summed E-state index contributed by atoms with van der Waals surface area (Å²) in [6.07, 6.45) is 0. The monoisotopic (exact) mass is 194 g/mol. The lowest BCUT2D eigenvalue weighted by molar-refractivity contribution is 1.26. The number of hydrogen-bond donors (Lipinski definition) is 2. The summed E-state index contributed by atoms with van der Waals surface area (Å²) in [5.74, 6) is 0.0698. The Morgan fingerprint density at radius 1 is 1.55 bits per heavy atom. The number of aliphatic imine (C=N–C) groups is 2. The zero-order valence-electron chi connectivity index (χ0n) is 5.93. The first-order chi connectivity index (χ1) is 5.06. The van der Waals surface area contributed by atoms with E-state index in [4.69, 9.17) is 28.9 Å². The molecule has 3 N–H and O–H groups in total. The molecule has 0 rings (SSSR count). The molecule has 0 aromatic rings. The molecule has 0 aliphatic carbocycles. The fourth-order valence-corrected chi connectivity index (χ4v) is 0.629. The van der Waals surface area contributed by atoms with Gasteiger partial charge in [0.05, 0.1) is 0 Å². The van der Waals surface area contributed by atoms with Crippen LogP contribution in [0.1, 0.15) is 0 Å². The summed E-state index contributed by atoms with van der Waals surface area (Å²) in [5.41, 5.74) is 5.21. The molecule has 0 aliphatic heterocycles. The van der Waals surface area contributed by atoms with Gasteiger partial charge >= 0.3 is 0 Å². The van der Waals surface area contributed by atoms with Crippen LogP contribution in [0.5, 0.6) is 0 Å². The number of halogens is 2. The van der Waals surface area contributed by atoms with Crippen molar-refractivity contribution >= 4 is 34.5 Å². The van der Waals surface area contributed by atoms with Crippen LogP contribution in [0, 0.1) is 0 Å². The second-order valence-corrected chi connectivity index (χ2v) is 2.33. The first-order valence-electron chi connectivity index (χ1n) is 2.64. The van der Waals surface area contributed by atoms with Crippen LogP contribution in [0.15, 0.2) is 21.7 Å². The fourth-order valence-electron chi connectivity index (χ4n) is 0.290. The lowest BCUT2D eigenvalue weighted by Crippen LogP contribution is -2.18. The van der Waals surface area contributed by atoms with Crippen LogP contribution in [0.3, 0.4) is 0 Å². The SMILES string of the molecule is C=C(Cl)NC(Cl)=NC(N)=NC. The summed E-state index contributed by atoms with van der Waals surface area (Å²) in [5, 5.41) is 2.64. The van der Waals surface area contributed by atoms with E-state index in [-0.39, 0.29) is 16.4 Å². The lowest BCUT2D eigenvalue weighted by atomic mass is 10.9. The maximum Gasteiger partial charge on any atom is 0.217 e. The highest BCUT2D eigenvalue weighted by atomic mass is 35.5. The topological polar surface area (TPSA) is 62.8 Å². The molecule has 0 aliphatic rings. The number of nitrogens with zero attached hydrogens (tertiary/aromatic N) is 2. The van der Waals surface area contributed by atoms with Gasteiger partial charge < -0.3 is 11.1 Å². The Morgan fingerprint density at radius 3 is 2.45 bits per heavy atom. The predicted octanol–water partition coefficient (Wildman–Crippen LogP) is 0.825. The lowest BCUT2D eigenvalue weighted by Gasteiger charge is -1.98. The Bertz CT molecular complexity index is 209. The molecule has 0 bridgehead atoms. The molecular formula is C5H8Cl2N4. The average Bonchev–Trinajstić information content (AvgIpc) is 1.85. The maximum atomic E-state index is 5.48. The van der Waals surface area contributed by atoms with Crippen molar-refractivity contribution in [3.63, 3.8) is 0 Å². The Morgan fingerprint density at radius 2 is 2.09 bits per heavy atom. The van der Waals surface area contributed by atoms with Crippen molar-refractivity contribution in [2.45, 2.75) is 0 Å². The van der Waals surface area contributed by atoms with Crippen LogP contribution in [-0.2, 0) is 0 Å². The van der Waals surface area contributed by atoms with Crippen LogP contribution in [0.4, 0.5) is 0 Å². The summed E-state index contributed by atoms with van der Waals surface area (Å²) in [6, 6.07) is 0. The summed E-state index contributed by atoms with van der Waals surface area (Å²) in [4.78, 5) is 7.13. The summed E-state index contributed by atoms with van der Waals surface area (Å²) in [7, 11) is 1.50. The van der Waals surface area contributed by atoms with Crippen molar-refractivity contribution in [3.8, 4) is 0 Å². The van der Waals surface area contributed by atoms with Crippen LogP contribution in [0.25, 0.3) is 0 Å². The zero-order valence-corrected chi connectivity index (χ0v) is 7.45.